The Morgan fingerprint density at radius 1 is 1.08 bits per heavy atom. The van der Waals surface area contributed by atoms with Crippen LogP contribution in [0.3, 0.4) is 0 Å². The van der Waals surface area contributed by atoms with E-state index in [1.807, 2.05) is 48.7 Å². The van der Waals surface area contributed by atoms with Crippen LogP contribution in [0.25, 0.3) is 0 Å². The van der Waals surface area contributed by atoms with E-state index >= 15 is 0 Å². The van der Waals surface area contributed by atoms with E-state index in [0.717, 1.165) is 23.0 Å². The molecule has 0 amide bonds. The van der Waals surface area contributed by atoms with Crippen LogP contribution in [0.2, 0.25) is 0 Å². The smallest absolute Gasteiger partial charge is 0.219 e. The van der Waals surface area contributed by atoms with Crippen molar-refractivity contribution < 1.29 is 4.74 Å². The number of aromatic amines is 1. The minimum atomic E-state index is 0.0225. The van der Waals surface area contributed by atoms with E-state index in [4.69, 9.17) is 4.74 Å². The third kappa shape index (κ3) is 4.13. The predicted molar refractivity (Wildman–Crippen MR) is 95.4 cm³/mol. The molecule has 3 aromatic rings. The van der Waals surface area contributed by atoms with Crippen LogP contribution < -0.4 is 10.1 Å². The van der Waals surface area contributed by atoms with Gasteiger partial charge in [0.05, 0.1) is 18.4 Å². The predicted octanol–water partition coefficient (Wildman–Crippen LogP) is 4.51. The van der Waals surface area contributed by atoms with Crippen LogP contribution >= 0.6 is 0 Å². The van der Waals surface area contributed by atoms with E-state index in [1.54, 1.807) is 6.20 Å². The van der Waals surface area contributed by atoms with Gasteiger partial charge in [0.1, 0.15) is 11.6 Å². The van der Waals surface area contributed by atoms with Crippen LogP contribution in [0.15, 0.2) is 54.9 Å². The number of imidazole rings is 1. The summed E-state index contributed by atoms with van der Waals surface area (Å²) < 4.78 is 5.75. The van der Waals surface area contributed by atoms with Gasteiger partial charge in [0.2, 0.25) is 5.88 Å². The van der Waals surface area contributed by atoms with Gasteiger partial charge in [-0.3, -0.25) is 0 Å². The molecule has 5 nitrogen and oxygen atoms in total. The van der Waals surface area contributed by atoms with Gasteiger partial charge in [-0.1, -0.05) is 32.9 Å². The van der Waals surface area contributed by atoms with Crippen LogP contribution in [-0.2, 0) is 12.0 Å². The number of anilines is 1. The van der Waals surface area contributed by atoms with Crippen molar-refractivity contribution >= 4 is 5.69 Å². The number of hydrogen-bond acceptors (Lipinski definition) is 4. The first-order chi connectivity index (χ1) is 11.5. The first kappa shape index (κ1) is 16.1. The topological polar surface area (TPSA) is 62.8 Å². The average Bonchev–Trinajstić information content (AvgIpc) is 3.04. The van der Waals surface area contributed by atoms with Gasteiger partial charge in [0, 0.05) is 29.4 Å². The molecule has 1 aromatic carbocycles. The number of rotatable bonds is 5. The first-order valence-electron chi connectivity index (χ1n) is 7.98. The largest absolute Gasteiger partial charge is 0.439 e. The second-order valence-electron chi connectivity index (χ2n) is 6.66. The van der Waals surface area contributed by atoms with Crippen molar-refractivity contribution in [2.75, 3.05) is 5.32 Å². The normalized spacial score (nSPS) is 11.3. The molecule has 0 aliphatic rings. The number of ether oxygens (including phenoxy) is 1. The molecular formula is C19H22N4O. The molecule has 0 radical (unpaired) electrons. The van der Waals surface area contributed by atoms with Gasteiger partial charge in [-0.2, -0.15) is 0 Å². The number of aromatic nitrogens is 3. The highest BCUT2D eigenvalue weighted by molar-refractivity contribution is 5.49. The van der Waals surface area contributed by atoms with E-state index in [0.29, 0.717) is 12.4 Å². The molecule has 0 saturated heterocycles. The fourth-order valence-corrected chi connectivity index (χ4v) is 2.23. The molecular weight excluding hydrogens is 300 g/mol. The zero-order chi connectivity index (χ0) is 17.0. The van der Waals surface area contributed by atoms with Crippen molar-refractivity contribution in [3.05, 3.63) is 66.4 Å². The Kier molecular flexibility index (Phi) is 4.51. The van der Waals surface area contributed by atoms with Crippen LogP contribution in [-0.4, -0.2) is 15.0 Å². The quantitative estimate of drug-likeness (QED) is 0.725. The molecule has 24 heavy (non-hydrogen) atoms. The van der Waals surface area contributed by atoms with Gasteiger partial charge in [0.25, 0.3) is 0 Å². The number of nitrogens with zero attached hydrogens (tertiary/aromatic N) is 2. The summed E-state index contributed by atoms with van der Waals surface area (Å²) in [4.78, 5) is 12.0. The molecule has 0 aliphatic carbocycles. The summed E-state index contributed by atoms with van der Waals surface area (Å²) in [6.45, 7) is 7.10. The SMILES string of the molecule is CC(C)(C)c1ncc(CNc2cccc(Oc3ccccn3)c2)[nH]1. The maximum atomic E-state index is 5.75. The van der Waals surface area contributed by atoms with E-state index in [2.05, 4.69) is 41.0 Å². The van der Waals surface area contributed by atoms with Gasteiger partial charge in [-0.05, 0) is 18.2 Å². The summed E-state index contributed by atoms with van der Waals surface area (Å²) in [5, 5.41) is 3.38. The number of nitrogens with one attached hydrogen (secondary N) is 2. The molecule has 0 aliphatic heterocycles. The fraction of sp³-hybridized carbons (Fsp3) is 0.263. The molecule has 0 fully saturated rings. The van der Waals surface area contributed by atoms with Crippen molar-refractivity contribution in [3.8, 4) is 11.6 Å². The van der Waals surface area contributed by atoms with Crippen LogP contribution in [0, 0.1) is 0 Å². The molecule has 3 rings (SSSR count). The molecule has 2 aromatic heterocycles. The molecule has 0 bridgehead atoms. The lowest BCUT2D eigenvalue weighted by molar-refractivity contribution is 0.463. The van der Waals surface area contributed by atoms with Gasteiger partial charge < -0.3 is 15.0 Å². The lowest BCUT2D eigenvalue weighted by Gasteiger charge is -2.14. The highest BCUT2D eigenvalue weighted by Crippen LogP contribution is 2.23. The summed E-state index contributed by atoms with van der Waals surface area (Å²) >= 11 is 0. The zero-order valence-electron chi connectivity index (χ0n) is 14.2. The molecule has 2 heterocycles. The summed E-state index contributed by atoms with van der Waals surface area (Å²) in [5.41, 5.74) is 2.06. The van der Waals surface area contributed by atoms with Crippen LogP contribution in [0.4, 0.5) is 5.69 Å². The van der Waals surface area contributed by atoms with E-state index in [-0.39, 0.29) is 5.41 Å². The Hall–Kier alpha value is -2.82. The third-order valence-electron chi connectivity index (χ3n) is 3.52. The number of benzene rings is 1. The Bertz CT molecular complexity index is 790. The van der Waals surface area contributed by atoms with Gasteiger partial charge >= 0.3 is 0 Å². The molecule has 5 heteroatoms. The highest BCUT2D eigenvalue weighted by Gasteiger charge is 2.17. The van der Waals surface area contributed by atoms with Crippen LogP contribution in [0.5, 0.6) is 11.6 Å². The summed E-state index contributed by atoms with van der Waals surface area (Å²) in [6.07, 6.45) is 3.59. The minimum absolute atomic E-state index is 0.0225. The molecule has 0 saturated carbocycles. The Morgan fingerprint density at radius 2 is 1.96 bits per heavy atom. The fourth-order valence-electron chi connectivity index (χ4n) is 2.23. The zero-order valence-corrected chi connectivity index (χ0v) is 14.2. The molecule has 2 N–H and O–H groups in total. The van der Waals surface area contributed by atoms with Gasteiger partial charge in [-0.25, -0.2) is 9.97 Å². The monoisotopic (exact) mass is 322 g/mol. The minimum Gasteiger partial charge on any atom is -0.439 e. The van der Waals surface area contributed by atoms with Crippen molar-refractivity contribution in [2.45, 2.75) is 32.7 Å². The second kappa shape index (κ2) is 6.74. The Balaban J connectivity index is 1.63. The van der Waals surface area contributed by atoms with Crippen molar-refractivity contribution in [3.63, 3.8) is 0 Å². The van der Waals surface area contributed by atoms with Gasteiger partial charge in [-0.15, -0.1) is 0 Å². The van der Waals surface area contributed by atoms with Crippen molar-refractivity contribution in [1.29, 1.82) is 0 Å². The van der Waals surface area contributed by atoms with Crippen molar-refractivity contribution in [2.24, 2.45) is 0 Å². The molecule has 0 unspecified atom stereocenters. The average molecular weight is 322 g/mol. The standard InChI is InChI=1S/C19H22N4O/c1-19(2,3)18-22-13-15(23-18)12-21-14-7-6-8-16(11-14)24-17-9-4-5-10-20-17/h4-11,13,21H,12H2,1-3H3,(H,22,23). The van der Waals surface area contributed by atoms with E-state index in [1.165, 1.54) is 0 Å². The molecule has 0 spiro atoms. The molecule has 124 valence electrons. The van der Waals surface area contributed by atoms with Crippen LogP contribution in [0.1, 0.15) is 32.3 Å². The number of H-pyrrole nitrogens is 1. The summed E-state index contributed by atoms with van der Waals surface area (Å²) in [5.74, 6) is 2.32. The maximum absolute atomic E-state index is 5.75. The molecule has 0 atom stereocenters. The lowest BCUT2D eigenvalue weighted by Crippen LogP contribution is -2.13. The second-order valence-corrected chi connectivity index (χ2v) is 6.66. The Labute approximate surface area is 142 Å². The first-order valence-corrected chi connectivity index (χ1v) is 7.98. The van der Waals surface area contributed by atoms with E-state index < -0.39 is 0 Å². The summed E-state index contributed by atoms with van der Waals surface area (Å²) in [7, 11) is 0. The third-order valence-corrected chi connectivity index (χ3v) is 3.52. The van der Waals surface area contributed by atoms with Gasteiger partial charge in [0.15, 0.2) is 0 Å². The van der Waals surface area contributed by atoms with Crippen molar-refractivity contribution in [1.82, 2.24) is 15.0 Å². The lowest BCUT2D eigenvalue weighted by atomic mass is 9.96. The Morgan fingerprint density at radius 3 is 2.67 bits per heavy atom. The van der Waals surface area contributed by atoms with E-state index in [9.17, 15) is 0 Å². The maximum Gasteiger partial charge on any atom is 0.219 e. The summed E-state index contributed by atoms with van der Waals surface area (Å²) in [6, 6.07) is 13.4. The number of pyridine rings is 1. The number of hydrogen-bond donors (Lipinski definition) is 2. The highest BCUT2D eigenvalue weighted by atomic mass is 16.5.